The number of ether oxygens (including phenoxy) is 2. The van der Waals surface area contributed by atoms with E-state index in [0.29, 0.717) is 17.6 Å². The molecule has 0 aliphatic rings. The van der Waals surface area contributed by atoms with Crippen molar-refractivity contribution in [3.05, 3.63) is 60.0 Å². The Hall–Kier alpha value is -3.35. The molecule has 2 aromatic carbocycles. The number of amides is 1. The summed E-state index contributed by atoms with van der Waals surface area (Å²) in [6, 6.07) is 15.1. The Kier molecular flexibility index (Phi) is 6.72. The summed E-state index contributed by atoms with van der Waals surface area (Å²) in [4.78, 5) is 18.7. The molecule has 0 aliphatic heterocycles. The summed E-state index contributed by atoms with van der Waals surface area (Å²) in [6.45, 7) is 6.13. The first-order chi connectivity index (χ1) is 14.4. The lowest BCUT2D eigenvalue weighted by molar-refractivity contribution is -0.137. The minimum absolute atomic E-state index is 0.169. The second-order valence-electron chi connectivity index (χ2n) is 7.39. The molecule has 0 saturated carbocycles. The number of hydrogen-bond donors (Lipinski definition) is 0. The van der Waals surface area contributed by atoms with Crippen LogP contribution in [0.15, 0.2) is 53.1 Å². The van der Waals surface area contributed by atoms with Crippen LogP contribution in [0, 0.1) is 0 Å². The predicted octanol–water partition coefficient (Wildman–Crippen LogP) is 4.29. The molecule has 3 aromatic rings. The lowest BCUT2D eigenvalue weighted by atomic mass is 10.0. The molecule has 0 aliphatic carbocycles. The molecule has 0 unspecified atom stereocenters. The van der Waals surface area contributed by atoms with Crippen molar-refractivity contribution in [2.24, 2.45) is 0 Å². The predicted molar refractivity (Wildman–Crippen MR) is 113 cm³/mol. The van der Waals surface area contributed by atoms with Crippen LogP contribution in [0.25, 0.3) is 11.4 Å². The third-order valence-corrected chi connectivity index (χ3v) is 4.76. The quantitative estimate of drug-likeness (QED) is 0.552. The Morgan fingerprint density at radius 1 is 1.10 bits per heavy atom. The number of hydrogen-bond acceptors (Lipinski definition) is 6. The highest BCUT2D eigenvalue weighted by Gasteiger charge is 2.22. The van der Waals surface area contributed by atoms with Crippen LogP contribution in [0.5, 0.6) is 11.5 Å². The molecule has 0 bridgehead atoms. The molecule has 0 radical (unpaired) electrons. The van der Waals surface area contributed by atoms with Crippen molar-refractivity contribution in [3.8, 4) is 22.9 Å². The molecule has 1 amide bonds. The Morgan fingerprint density at radius 2 is 1.80 bits per heavy atom. The van der Waals surface area contributed by atoms with Crippen molar-refractivity contribution in [1.82, 2.24) is 15.0 Å². The highest BCUT2D eigenvalue weighted by atomic mass is 16.5. The summed E-state index contributed by atoms with van der Waals surface area (Å²) in [5.74, 6) is 2.42. The second-order valence-corrected chi connectivity index (χ2v) is 7.39. The number of benzene rings is 2. The first-order valence-corrected chi connectivity index (χ1v) is 9.86. The number of rotatable bonds is 8. The van der Waals surface area contributed by atoms with Gasteiger partial charge in [0.05, 0.1) is 13.7 Å². The smallest absolute Gasteiger partial charge is 0.263 e. The minimum Gasteiger partial charge on any atom is -0.497 e. The van der Waals surface area contributed by atoms with Gasteiger partial charge in [-0.15, -0.1) is 0 Å². The monoisotopic (exact) mass is 409 g/mol. The van der Waals surface area contributed by atoms with E-state index in [1.165, 1.54) is 4.90 Å². The van der Waals surface area contributed by atoms with Crippen LogP contribution in [0.2, 0.25) is 0 Å². The summed E-state index contributed by atoms with van der Waals surface area (Å²) in [5.41, 5.74) is 1.88. The van der Waals surface area contributed by atoms with Crippen molar-refractivity contribution in [3.63, 3.8) is 0 Å². The fraction of sp³-hybridized carbons (Fsp3) is 0.348. The van der Waals surface area contributed by atoms with Crippen molar-refractivity contribution in [2.75, 3.05) is 14.2 Å². The first kappa shape index (κ1) is 21.4. The topological polar surface area (TPSA) is 77.7 Å². The molecule has 0 saturated heterocycles. The molecule has 158 valence electrons. The third-order valence-electron chi connectivity index (χ3n) is 4.76. The van der Waals surface area contributed by atoms with Gasteiger partial charge in [0.15, 0.2) is 6.10 Å². The number of likely N-dealkylation sites (N-methyl/N-ethyl adjacent to an activating group) is 1. The normalized spacial score (nSPS) is 11.9. The van der Waals surface area contributed by atoms with Crippen LogP contribution < -0.4 is 9.47 Å². The number of nitrogens with zero attached hydrogens (tertiary/aromatic N) is 3. The maximum Gasteiger partial charge on any atom is 0.263 e. The molecular weight excluding hydrogens is 382 g/mol. The Morgan fingerprint density at radius 3 is 2.47 bits per heavy atom. The molecule has 0 N–H and O–H groups in total. The van der Waals surface area contributed by atoms with Gasteiger partial charge >= 0.3 is 0 Å². The zero-order valence-corrected chi connectivity index (χ0v) is 18.0. The highest BCUT2D eigenvalue weighted by molar-refractivity contribution is 5.80. The van der Waals surface area contributed by atoms with Gasteiger partial charge < -0.3 is 18.9 Å². The van der Waals surface area contributed by atoms with Gasteiger partial charge in [0, 0.05) is 12.6 Å². The van der Waals surface area contributed by atoms with E-state index >= 15 is 0 Å². The van der Waals surface area contributed by atoms with Crippen LogP contribution in [0.1, 0.15) is 38.1 Å². The molecule has 7 heteroatoms. The van der Waals surface area contributed by atoms with Gasteiger partial charge in [-0.1, -0.05) is 37.2 Å². The number of carbonyl (C=O) groups excluding carboxylic acids is 1. The number of para-hydroxylation sites is 1. The van der Waals surface area contributed by atoms with Gasteiger partial charge in [0.25, 0.3) is 5.91 Å². The van der Waals surface area contributed by atoms with E-state index in [1.54, 1.807) is 21.1 Å². The summed E-state index contributed by atoms with van der Waals surface area (Å²) >= 11 is 0. The molecule has 1 heterocycles. The molecular formula is C23H27N3O4. The molecule has 30 heavy (non-hydrogen) atoms. The Bertz CT molecular complexity index is 982. The summed E-state index contributed by atoms with van der Waals surface area (Å²) in [7, 11) is 3.30. The largest absolute Gasteiger partial charge is 0.497 e. The lowest BCUT2D eigenvalue weighted by Gasteiger charge is -2.22. The van der Waals surface area contributed by atoms with Gasteiger partial charge in [-0.25, -0.2) is 0 Å². The summed E-state index contributed by atoms with van der Waals surface area (Å²) in [5, 5.41) is 4.00. The van der Waals surface area contributed by atoms with Crippen LogP contribution in [0.3, 0.4) is 0 Å². The number of methoxy groups -OCH3 is 1. The number of carbonyl (C=O) groups is 1. The molecule has 0 spiro atoms. The van der Waals surface area contributed by atoms with Crippen LogP contribution in [0.4, 0.5) is 0 Å². The molecule has 7 nitrogen and oxygen atoms in total. The van der Waals surface area contributed by atoms with E-state index in [9.17, 15) is 4.79 Å². The summed E-state index contributed by atoms with van der Waals surface area (Å²) < 4.78 is 16.4. The van der Waals surface area contributed by atoms with Crippen LogP contribution >= 0.6 is 0 Å². The maximum atomic E-state index is 12.8. The average Bonchev–Trinajstić information content (AvgIpc) is 3.21. The molecule has 0 fully saturated rings. The fourth-order valence-electron chi connectivity index (χ4n) is 3.07. The second kappa shape index (κ2) is 9.43. The lowest BCUT2D eigenvalue weighted by Crippen LogP contribution is -2.37. The van der Waals surface area contributed by atoms with Crippen molar-refractivity contribution in [1.29, 1.82) is 0 Å². The third kappa shape index (κ3) is 4.97. The van der Waals surface area contributed by atoms with Gasteiger partial charge in [0.2, 0.25) is 11.7 Å². The first-order valence-electron chi connectivity index (χ1n) is 9.86. The van der Waals surface area contributed by atoms with Crippen LogP contribution in [-0.2, 0) is 11.3 Å². The van der Waals surface area contributed by atoms with E-state index in [-0.39, 0.29) is 12.5 Å². The van der Waals surface area contributed by atoms with Gasteiger partial charge in [-0.05, 0) is 48.7 Å². The standard InChI is InChI=1S/C23H27N3O4/c1-15(2)19-8-6-7-9-20(19)29-16(3)23(27)26(4)14-21-24-22(25-30-21)17-10-12-18(28-5)13-11-17/h6-13,15-16H,14H2,1-5H3/t16-/m0/s1. The van der Waals surface area contributed by atoms with Gasteiger partial charge in [0.1, 0.15) is 11.5 Å². The maximum absolute atomic E-state index is 12.8. The van der Waals surface area contributed by atoms with Crippen molar-refractivity contribution in [2.45, 2.75) is 39.3 Å². The van der Waals surface area contributed by atoms with E-state index in [0.717, 1.165) is 22.6 Å². The Labute approximate surface area is 176 Å². The van der Waals surface area contributed by atoms with Gasteiger partial charge in [-0.2, -0.15) is 4.98 Å². The molecule has 1 atom stereocenters. The van der Waals surface area contributed by atoms with E-state index in [4.69, 9.17) is 14.0 Å². The minimum atomic E-state index is -0.640. The average molecular weight is 409 g/mol. The number of aromatic nitrogens is 2. The van der Waals surface area contributed by atoms with E-state index in [2.05, 4.69) is 24.0 Å². The molecule has 1 aromatic heterocycles. The van der Waals surface area contributed by atoms with Gasteiger partial charge in [-0.3, -0.25) is 4.79 Å². The highest BCUT2D eigenvalue weighted by Crippen LogP contribution is 2.27. The molecule has 3 rings (SSSR count). The Balaban J connectivity index is 1.63. The zero-order chi connectivity index (χ0) is 21.7. The summed E-state index contributed by atoms with van der Waals surface area (Å²) in [6.07, 6.45) is -0.640. The van der Waals surface area contributed by atoms with Crippen LogP contribution in [-0.4, -0.2) is 41.2 Å². The fourth-order valence-corrected chi connectivity index (χ4v) is 3.07. The van der Waals surface area contributed by atoms with E-state index in [1.807, 2.05) is 48.5 Å². The SMILES string of the molecule is COc1ccc(-c2noc(CN(C)C(=O)[C@H](C)Oc3ccccc3C(C)C)n2)cc1. The van der Waals surface area contributed by atoms with E-state index < -0.39 is 6.10 Å². The zero-order valence-electron chi connectivity index (χ0n) is 18.0. The van der Waals surface area contributed by atoms with Crippen molar-refractivity contribution >= 4 is 5.91 Å². The van der Waals surface area contributed by atoms with Crippen molar-refractivity contribution < 1.29 is 18.8 Å².